The Labute approximate surface area is 118 Å². The Morgan fingerprint density at radius 1 is 1.30 bits per heavy atom. The Bertz CT molecular complexity index is 727. The predicted octanol–water partition coefficient (Wildman–Crippen LogP) is 1.67. The van der Waals surface area contributed by atoms with E-state index in [4.69, 9.17) is 4.74 Å². The van der Waals surface area contributed by atoms with Crippen molar-refractivity contribution in [2.24, 2.45) is 5.41 Å². The van der Waals surface area contributed by atoms with E-state index in [1.807, 2.05) is 19.9 Å². The van der Waals surface area contributed by atoms with Crippen LogP contribution < -0.4 is 15.3 Å². The van der Waals surface area contributed by atoms with Gasteiger partial charge in [0.2, 0.25) is 5.88 Å². The van der Waals surface area contributed by atoms with Crippen LogP contribution >= 0.6 is 0 Å². The van der Waals surface area contributed by atoms with Crippen LogP contribution in [-0.4, -0.2) is 16.1 Å². The SMILES string of the molecule is CC(=O)Oc1nc2c(c(C)c1C)=CC(C)(C)C=CC=2O. The molecular weight excluding hydrogens is 254 g/mol. The maximum Gasteiger partial charge on any atom is 0.309 e. The third-order valence-corrected chi connectivity index (χ3v) is 3.43. The number of esters is 1. The number of nitrogens with zero attached hydrogens (tertiary/aromatic N) is 1. The number of pyridine rings is 1. The highest BCUT2D eigenvalue weighted by atomic mass is 16.5. The summed E-state index contributed by atoms with van der Waals surface area (Å²) in [6, 6.07) is 0. The lowest BCUT2D eigenvalue weighted by Gasteiger charge is -2.14. The molecule has 0 amide bonds. The van der Waals surface area contributed by atoms with Crippen molar-refractivity contribution in [3.05, 3.63) is 33.8 Å². The van der Waals surface area contributed by atoms with Crippen molar-refractivity contribution in [3.8, 4) is 5.88 Å². The van der Waals surface area contributed by atoms with Crippen molar-refractivity contribution < 1.29 is 14.6 Å². The van der Waals surface area contributed by atoms with Crippen LogP contribution in [0.4, 0.5) is 0 Å². The predicted molar refractivity (Wildman–Crippen MR) is 77.7 cm³/mol. The quantitative estimate of drug-likeness (QED) is 0.791. The highest BCUT2D eigenvalue weighted by Gasteiger charge is 2.17. The van der Waals surface area contributed by atoms with Gasteiger partial charge in [-0.1, -0.05) is 26.0 Å². The van der Waals surface area contributed by atoms with Crippen molar-refractivity contribution >= 4 is 17.8 Å². The van der Waals surface area contributed by atoms with Crippen LogP contribution in [0, 0.1) is 19.3 Å². The Morgan fingerprint density at radius 3 is 2.55 bits per heavy atom. The van der Waals surface area contributed by atoms with Crippen LogP contribution in [0.3, 0.4) is 0 Å². The zero-order valence-corrected chi connectivity index (χ0v) is 12.4. The lowest BCUT2D eigenvalue weighted by molar-refractivity contribution is -0.132. The van der Waals surface area contributed by atoms with E-state index < -0.39 is 5.97 Å². The number of carbonyl (C=O) groups is 1. The van der Waals surface area contributed by atoms with Gasteiger partial charge < -0.3 is 9.84 Å². The zero-order chi connectivity index (χ0) is 15.1. The molecule has 1 aromatic rings. The lowest BCUT2D eigenvalue weighted by Crippen LogP contribution is -2.35. The molecule has 106 valence electrons. The Balaban J connectivity index is 2.87. The summed E-state index contributed by atoms with van der Waals surface area (Å²) in [7, 11) is 0. The molecule has 1 aliphatic carbocycles. The average Bonchev–Trinajstić information content (AvgIpc) is 2.45. The second kappa shape index (κ2) is 4.78. The number of aliphatic hydroxyl groups is 1. The zero-order valence-electron chi connectivity index (χ0n) is 12.4. The maximum absolute atomic E-state index is 11.1. The van der Waals surface area contributed by atoms with Crippen molar-refractivity contribution in [1.82, 2.24) is 4.98 Å². The van der Waals surface area contributed by atoms with E-state index in [0.29, 0.717) is 5.35 Å². The molecule has 0 spiro atoms. The smallest absolute Gasteiger partial charge is 0.309 e. The van der Waals surface area contributed by atoms with Gasteiger partial charge in [-0.3, -0.25) is 4.79 Å². The van der Waals surface area contributed by atoms with E-state index >= 15 is 0 Å². The maximum atomic E-state index is 11.1. The first kappa shape index (κ1) is 14.3. The van der Waals surface area contributed by atoms with Crippen LogP contribution in [0.5, 0.6) is 5.88 Å². The second-order valence-electron chi connectivity index (χ2n) is 5.71. The van der Waals surface area contributed by atoms with Gasteiger partial charge in [0.25, 0.3) is 0 Å². The highest BCUT2D eigenvalue weighted by Crippen LogP contribution is 2.22. The Morgan fingerprint density at radius 2 is 1.95 bits per heavy atom. The molecule has 0 unspecified atom stereocenters. The minimum absolute atomic E-state index is 0.0818. The summed E-state index contributed by atoms with van der Waals surface area (Å²) < 4.78 is 5.12. The van der Waals surface area contributed by atoms with Crippen molar-refractivity contribution in [3.63, 3.8) is 0 Å². The molecule has 0 radical (unpaired) electrons. The number of carbonyl (C=O) groups excluding carboxylic acids is 1. The second-order valence-corrected chi connectivity index (χ2v) is 5.71. The molecule has 4 heteroatoms. The van der Waals surface area contributed by atoms with Crippen molar-refractivity contribution in [2.45, 2.75) is 34.6 Å². The molecule has 2 rings (SSSR count). The van der Waals surface area contributed by atoms with Crippen molar-refractivity contribution in [2.75, 3.05) is 0 Å². The standard InChI is InChI=1S/C16H19NO3/c1-9-10(2)15(20-11(3)18)17-14-12(9)8-16(4,5)7-6-13(14)19/h6-8,19H,1-5H3. The van der Waals surface area contributed by atoms with E-state index in [1.165, 1.54) is 6.92 Å². The van der Waals surface area contributed by atoms with E-state index in [1.54, 1.807) is 6.08 Å². The molecule has 0 saturated carbocycles. The highest BCUT2D eigenvalue weighted by molar-refractivity contribution is 5.69. The number of hydrogen-bond acceptors (Lipinski definition) is 4. The Kier molecular flexibility index (Phi) is 3.42. The topological polar surface area (TPSA) is 59.4 Å². The van der Waals surface area contributed by atoms with E-state index in [-0.39, 0.29) is 17.1 Å². The van der Waals surface area contributed by atoms with E-state index in [9.17, 15) is 9.90 Å². The summed E-state index contributed by atoms with van der Waals surface area (Å²) in [4.78, 5) is 15.5. The number of aromatic nitrogens is 1. The molecule has 0 fully saturated rings. The summed E-state index contributed by atoms with van der Waals surface area (Å²) in [6.45, 7) is 9.24. The lowest BCUT2D eigenvalue weighted by atomic mass is 9.91. The third kappa shape index (κ3) is 2.59. The molecule has 1 aromatic heterocycles. The fourth-order valence-electron chi connectivity index (χ4n) is 2.19. The van der Waals surface area contributed by atoms with Gasteiger partial charge in [0.1, 0.15) is 11.1 Å². The van der Waals surface area contributed by atoms with Gasteiger partial charge in [0, 0.05) is 23.1 Å². The summed E-state index contributed by atoms with van der Waals surface area (Å²) >= 11 is 0. The minimum Gasteiger partial charge on any atom is -0.506 e. The monoisotopic (exact) mass is 273 g/mol. The van der Waals surface area contributed by atoms with Gasteiger partial charge in [-0.2, -0.15) is 0 Å². The molecule has 20 heavy (non-hydrogen) atoms. The minimum atomic E-state index is -0.423. The van der Waals surface area contributed by atoms with E-state index in [2.05, 4.69) is 24.9 Å². The number of ether oxygens (including phenoxy) is 1. The molecule has 0 aromatic carbocycles. The molecule has 1 heterocycles. The molecule has 0 saturated heterocycles. The fraction of sp³-hybridized carbons (Fsp3) is 0.375. The number of hydrogen-bond donors (Lipinski definition) is 1. The first-order chi connectivity index (χ1) is 9.21. The van der Waals surface area contributed by atoms with Gasteiger partial charge in [-0.15, -0.1) is 0 Å². The normalized spacial score (nSPS) is 16.1. The summed E-state index contributed by atoms with van der Waals surface area (Å²) in [5, 5.41) is 11.5. The summed E-state index contributed by atoms with van der Waals surface area (Å²) in [6.07, 6.45) is 5.63. The van der Waals surface area contributed by atoms with Gasteiger partial charge in [0.15, 0.2) is 0 Å². The first-order valence-electron chi connectivity index (χ1n) is 6.52. The summed E-state index contributed by atoms with van der Waals surface area (Å²) in [5.74, 6) is -0.0898. The van der Waals surface area contributed by atoms with Crippen LogP contribution in [-0.2, 0) is 4.79 Å². The van der Waals surface area contributed by atoms with Gasteiger partial charge in [-0.25, -0.2) is 4.98 Å². The number of aliphatic hydroxyl groups excluding tert-OH is 1. The van der Waals surface area contributed by atoms with Crippen LogP contribution in [0.25, 0.3) is 11.8 Å². The van der Waals surface area contributed by atoms with Crippen LogP contribution in [0.15, 0.2) is 12.2 Å². The molecular formula is C16H19NO3. The molecule has 0 aliphatic heterocycles. The molecule has 1 aliphatic rings. The fourth-order valence-corrected chi connectivity index (χ4v) is 2.19. The van der Waals surface area contributed by atoms with Crippen LogP contribution in [0.2, 0.25) is 0 Å². The van der Waals surface area contributed by atoms with Crippen LogP contribution in [0.1, 0.15) is 31.9 Å². The van der Waals surface area contributed by atoms with Gasteiger partial charge in [0.05, 0.1) is 0 Å². The van der Waals surface area contributed by atoms with Gasteiger partial charge >= 0.3 is 5.97 Å². The number of rotatable bonds is 1. The van der Waals surface area contributed by atoms with Gasteiger partial charge in [-0.05, 0) is 25.5 Å². The number of fused-ring (bicyclic) bond motifs is 1. The van der Waals surface area contributed by atoms with Crippen molar-refractivity contribution in [1.29, 1.82) is 0 Å². The third-order valence-electron chi connectivity index (χ3n) is 3.43. The first-order valence-corrected chi connectivity index (χ1v) is 6.52. The molecule has 0 atom stereocenters. The molecule has 1 N–H and O–H groups in total. The summed E-state index contributed by atoms with van der Waals surface area (Å²) in [5.41, 5.74) is 1.58. The molecule has 0 bridgehead atoms. The largest absolute Gasteiger partial charge is 0.506 e. The van der Waals surface area contributed by atoms with E-state index in [0.717, 1.165) is 16.3 Å². The average molecular weight is 273 g/mol. The molecule has 4 nitrogen and oxygen atoms in total. The Hall–Kier alpha value is -2.10. The number of allylic oxidation sites excluding steroid dienone is 1.